The SMILES string of the molecule is C=CCn1c(SCCN2C(=O)CNC2=O)nc2ccccc21. The molecule has 1 saturated heterocycles. The van der Waals surface area contributed by atoms with Crippen molar-refractivity contribution < 1.29 is 9.59 Å². The van der Waals surface area contributed by atoms with Gasteiger partial charge >= 0.3 is 6.03 Å². The minimum absolute atomic E-state index is 0.0957. The zero-order valence-electron chi connectivity index (χ0n) is 12.0. The summed E-state index contributed by atoms with van der Waals surface area (Å²) in [7, 11) is 0. The van der Waals surface area contributed by atoms with E-state index in [0.717, 1.165) is 16.2 Å². The fraction of sp³-hybridized carbons (Fsp3) is 0.267. The van der Waals surface area contributed by atoms with Crippen LogP contribution >= 0.6 is 11.8 Å². The van der Waals surface area contributed by atoms with Crippen molar-refractivity contribution in [3.05, 3.63) is 36.9 Å². The number of para-hydroxylation sites is 2. The summed E-state index contributed by atoms with van der Waals surface area (Å²) < 4.78 is 2.08. The van der Waals surface area contributed by atoms with Gasteiger partial charge in [0.05, 0.1) is 17.6 Å². The second kappa shape index (κ2) is 6.23. The maximum Gasteiger partial charge on any atom is 0.324 e. The summed E-state index contributed by atoms with van der Waals surface area (Å²) in [6, 6.07) is 7.61. The van der Waals surface area contributed by atoms with Crippen LogP contribution in [0.15, 0.2) is 42.1 Å². The molecule has 1 aromatic heterocycles. The van der Waals surface area contributed by atoms with Gasteiger partial charge in [0.25, 0.3) is 0 Å². The second-order valence-corrected chi connectivity index (χ2v) is 5.90. The van der Waals surface area contributed by atoms with E-state index in [1.54, 1.807) is 0 Å². The highest BCUT2D eigenvalue weighted by Crippen LogP contribution is 2.24. The van der Waals surface area contributed by atoms with E-state index in [2.05, 4.69) is 21.4 Å². The maximum absolute atomic E-state index is 11.5. The molecule has 2 heterocycles. The van der Waals surface area contributed by atoms with Crippen molar-refractivity contribution in [2.75, 3.05) is 18.8 Å². The van der Waals surface area contributed by atoms with Crippen molar-refractivity contribution in [3.8, 4) is 0 Å². The number of carbonyl (C=O) groups excluding carboxylic acids is 2. The number of nitrogens with one attached hydrogen (secondary N) is 1. The first-order valence-corrected chi connectivity index (χ1v) is 7.96. The Morgan fingerprint density at radius 1 is 1.36 bits per heavy atom. The van der Waals surface area contributed by atoms with Crippen molar-refractivity contribution >= 4 is 34.7 Å². The molecule has 0 unspecified atom stereocenters. The smallest absolute Gasteiger partial charge is 0.324 e. The number of rotatable bonds is 6. The normalized spacial score (nSPS) is 14.6. The Bertz CT molecular complexity index is 724. The number of hydrogen-bond acceptors (Lipinski definition) is 4. The molecular weight excluding hydrogens is 300 g/mol. The molecule has 3 amide bonds. The lowest BCUT2D eigenvalue weighted by Gasteiger charge is -2.11. The molecule has 0 saturated carbocycles. The van der Waals surface area contributed by atoms with Gasteiger partial charge in [0.1, 0.15) is 0 Å². The summed E-state index contributed by atoms with van der Waals surface area (Å²) in [6.45, 7) is 4.93. The van der Waals surface area contributed by atoms with Gasteiger partial charge in [-0.1, -0.05) is 30.0 Å². The Hall–Kier alpha value is -2.28. The summed E-state index contributed by atoms with van der Waals surface area (Å²) in [5, 5.41) is 3.38. The summed E-state index contributed by atoms with van der Waals surface area (Å²) in [5.41, 5.74) is 1.99. The van der Waals surface area contributed by atoms with E-state index >= 15 is 0 Å². The minimum atomic E-state index is -0.315. The van der Waals surface area contributed by atoms with Crippen molar-refractivity contribution in [2.24, 2.45) is 0 Å². The molecule has 22 heavy (non-hydrogen) atoms. The quantitative estimate of drug-likeness (QED) is 0.502. The zero-order chi connectivity index (χ0) is 15.5. The Kier molecular flexibility index (Phi) is 4.15. The van der Waals surface area contributed by atoms with Crippen LogP contribution in [-0.4, -0.2) is 45.2 Å². The number of fused-ring (bicyclic) bond motifs is 1. The Balaban J connectivity index is 1.73. The first-order valence-electron chi connectivity index (χ1n) is 6.98. The number of imidazole rings is 1. The van der Waals surface area contributed by atoms with E-state index in [4.69, 9.17) is 0 Å². The fourth-order valence-electron chi connectivity index (χ4n) is 2.38. The monoisotopic (exact) mass is 316 g/mol. The van der Waals surface area contributed by atoms with Crippen LogP contribution in [0, 0.1) is 0 Å². The highest BCUT2D eigenvalue weighted by atomic mass is 32.2. The van der Waals surface area contributed by atoms with Crippen LogP contribution in [0.2, 0.25) is 0 Å². The van der Waals surface area contributed by atoms with Crippen molar-refractivity contribution in [3.63, 3.8) is 0 Å². The standard InChI is InChI=1S/C15H16N4O2S/c1-2-7-18-12-6-4-3-5-11(12)17-15(18)22-9-8-19-13(20)10-16-14(19)21/h2-6H,1,7-10H2,(H,16,21). The van der Waals surface area contributed by atoms with Gasteiger partial charge in [0.2, 0.25) is 5.91 Å². The minimum Gasteiger partial charge on any atom is -0.329 e. The third kappa shape index (κ3) is 2.71. The summed E-state index contributed by atoms with van der Waals surface area (Å²) in [5.74, 6) is 0.435. The van der Waals surface area contributed by atoms with E-state index in [9.17, 15) is 9.59 Å². The molecular formula is C15H16N4O2S. The number of amides is 3. The maximum atomic E-state index is 11.5. The van der Waals surface area contributed by atoms with E-state index in [0.29, 0.717) is 18.8 Å². The van der Waals surface area contributed by atoms with Crippen molar-refractivity contribution in [1.82, 2.24) is 19.8 Å². The van der Waals surface area contributed by atoms with Gasteiger partial charge in [0, 0.05) is 18.8 Å². The molecule has 0 aliphatic carbocycles. The van der Waals surface area contributed by atoms with Crippen LogP contribution in [0.4, 0.5) is 4.79 Å². The molecule has 1 aliphatic heterocycles. The number of urea groups is 1. The van der Waals surface area contributed by atoms with Gasteiger partial charge in [0.15, 0.2) is 5.16 Å². The third-order valence-electron chi connectivity index (χ3n) is 3.41. The topological polar surface area (TPSA) is 67.2 Å². The Morgan fingerprint density at radius 2 is 2.18 bits per heavy atom. The average molecular weight is 316 g/mol. The molecule has 1 N–H and O–H groups in total. The molecule has 6 nitrogen and oxygen atoms in total. The highest BCUT2D eigenvalue weighted by molar-refractivity contribution is 7.99. The molecule has 0 spiro atoms. The number of carbonyl (C=O) groups is 2. The van der Waals surface area contributed by atoms with Gasteiger partial charge in [-0.3, -0.25) is 9.69 Å². The number of thioether (sulfide) groups is 1. The van der Waals surface area contributed by atoms with Crippen LogP contribution in [0.3, 0.4) is 0 Å². The van der Waals surface area contributed by atoms with Crippen LogP contribution in [0.5, 0.6) is 0 Å². The number of aromatic nitrogens is 2. The summed E-state index contributed by atoms with van der Waals surface area (Å²) >= 11 is 1.53. The predicted molar refractivity (Wildman–Crippen MR) is 85.8 cm³/mol. The van der Waals surface area contributed by atoms with Crippen LogP contribution in [0.1, 0.15) is 0 Å². The van der Waals surface area contributed by atoms with Crippen molar-refractivity contribution in [1.29, 1.82) is 0 Å². The third-order valence-corrected chi connectivity index (χ3v) is 4.37. The van der Waals surface area contributed by atoms with E-state index in [-0.39, 0.29) is 18.5 Å². The first kappa shape index (κ1) is 14.6. The molecule has 2 aromatic rings. The van der Waals surface area contributed by atoms with Crippen LogP contribution in [-0.2, 0) is 11.3 Å². The van der Waals surface area contributed by atoms with Gasteiger partial charge in [-0.2, -0.15) is 0 Å². The van der Waals surface area contributed by atoms with Gasteiger partial charge in [-0.15, -0.1) is 6.58 Å². The van der Waals surface area contributed by atoms with Crippen molar-refractivity contribution in [2.45, 2.75) is 11.7 Å². The molecule has 114 valence electrons. The lowest BCUT2D eigenvalue weighted by molar-refractivity contribution is -0.124. The lowest BCUT2D eigenvalue weighted by atomic mass is 10.3. The van der Waals surface area contributed by atoms with Gasteiger partial charge < -0.3 is 9.88 Å². The highest BCUT2D eigenvalue weighted by Gasteiger charge is 2.27. The lowest BCUT2D eigenvalue weighted by Crippen LogP contribution is -2.32. The van der Waals surface area contributed by atoms with Gasteiger partial charge in [-0.25, -0.2) is 9.78 Å². The van der Waals surface area contributed by atoms with E-state index in [1.165, 1.54) is 16.7 Å². The molecule has 0 bridgehead atoms. The Morgan fingerprint density at radius 3 is 2.91 bits per heavy atom. The zero-order valence-corrected chi connectivity index (χ0v) is 12.8. The second-order valence-electron chi connectivity index (χ2n) is 4.83. The molecule has 1 aromatic carbocycles. The van der Waals surface area contributed by atoms with Crippen LogP contribution < -0.4 is 5.32 Å². The first-order chi connectivity index (χ1) is 10.7. The van der Waals surface area contributed by atoms with E-state index in [1.807, 2.05) is 30.3 Å². The fourth-order valence-corrected chi connectivity index (χ4v) is 3.33. The van der Waals surface area contributed by atoms with Crippen LogP contribution in [0.25, 0.3) is 11.0 Å². The average Bonchev–Trinajstić information content (AvgIpc) is 3.03. The number of imide groups is 1. The molecule has 1 aliphatic rings. The number of hydrogen-bond donors (Lipinski definition) is 1. The Labute approximate surface area is 132 Å². The number of benzene rings is 1. The predicted octanol–water partition coefficient (Wildman–Crippen LogP) is 1.87. The van der Waals surface area contributed by atoms with E-state index < -0.39 is 0 Å². The molecule has 3 rings (SSSR count). The molecule has 0 atom stereocenters. The molecule has 1 fully saturated rings. The largest absolute Gasteiger partial charge is 0.329 e. The number of nitrogens with zero attached hydrogens (tertiary/aromatic N) is 3. The summed E-state index contributed by atoms with van der Waals surface area (Å²) in [6.07, 6.45) is 1.83. The molecule has 7 heteroatoms. The van der Waals surface area contributed by atoms with Gasteiger partial charge in [-0.05, 0) is 12.1 Å². The molecule has 0 radical (unpaired) electrons. The number of allylic oxidation sites excluding steroid dienone is 1. The summed E-state index contributed by atoms with van der Waals surface area (Å²) in [4.78, 5) is 28.9.